The molecule has 19 heavy (non-hydrogen) atoms. The summed E-state index contributed by atoms with van der Waals surface area (Å²) in [5.74, 6) is -0.208. The van der Waals surface area contributed by atoms with Gasteiger partial charge in [0.05, 0.1) is 6.54 Å². The highest BCUT2D eigenvalue weighted by Crippen LogP contribution is 2.02. The maximum Gasteiger partial charge on any atom is 0.315 e. The van der Waals surface area contributed by atoms with E-state index in [2.05, 4.69) is 16.0 Å². The van der Waals surface area contributed by atoms with Gasteiger partial charge in [-0.25, -0.2) is 4.79 Å². The van der Waals surface area contributed by atoms with E-state index in [1.807, 2.05) is 45.0 Å². The van der Waals surface area contributed by atoms with Crippen LogP contribution in [0.2, 0.25) is 0 Å². The highest BCUT2D eigenvalue weighted by Gasteiger charge is 2.05. The Kier molecular flexibility index (Phi) is 5.85. The first kappa shape index (κ1) is 15.0. The fourth-order valence-corrected chi connectivity index (χ4v) is 1.56. The van der Waals surface area contributed by atoms with Crippen LogP contribution in [-0.4, -0.2) is 24.5 Å². The second-order valence-electron chi connectivity index (χ2n) is 4.75. The first-order chi connectivity index (χ1) is 8.97. The highest BCUT2D eigenvalue weighted by molar-refractivity contribution is 5.83. The van der Waals surface area contributed by atoms with Gasteiger partial charge in [-0.15, -0.1) is 0 Å². The Labute approximate surface area is 113 Å². The second kappa shape index (κ2) is 7.41. The van der Waals surface area contributed by atoms with Gasteiger partial charge in [0.15, 0.2) is 0 Å². The summed E-state index contributed by atoms with van der Waals surface area (Å²) in [6.07, 6.45) is 0. The molecule has 0 saturated carbocycles. The van der Waals surface area contributed by atoms with Gasteiger partial charge in [-0.3, -0.25) is 4.79 Å². The minimum Gasteiger partial charge on any atom is -0.350 e. The molecule has 0 fully saturated rings. The third-order valence-corrected chi connectivity index (χ3v) is 2.40. The maximum absolute atomic E-state index is 11.5. The molecule has 0 bridgehead atoms. The molecule has 0 spiro atoms. The normalized spacial score (nSPS) is 10.1. The number of carbonyl (C=O) groups is 2. The molecule has 0 aromatic heterocycles. The van der Waals surface area contributed by atoms with Crippen molar-refractivity contribution < 1.29 is 9.59 Å². The van der Waals surface area contributed by atoms with Crippen LogP contribution in [0.4, 0.5) is 4.79 Å². The molecule has 0 unspecified atom stereocenters. The fourth-order valence-electron chi connectivity index (χ4n) is 1.56. The summed E-state index contributed by atoms with van der Waals surface area (Å²) in [5.41, 5.74) is 2.20. The van der Waals surface area contributed by atoms with Crippen LogP contribution in [0.5, 0.6) is 0 Å². The van der Waals surface area contributed by atoms with E-state index >= 15 is 0 Å². The fraction of sp³-hybridized carbons (Fsp3) is 0.429. The topological polar surface area (TPSA) is 70.2 Å². The van der Waals surface area contributed by atoms with Gasteiger partial charge in [0.1, 0.15) is 0 Å². The van der Waals surface area contributed by atoms with Crippen molar-refractivity contribution in [2.75, 3.05) is 6.54 Å². The number of nitrogens with one attached hydrogen (secondary N) is 3. The lowest BCUT2D eigenvalue weighted by molar-refractivity contribution is -0.120. The van der Waals surface area contributed by atoms with Crippen molar-refractivity contribution in [1.82, 2.24) is 16.0 Å². The zero-order valence-electron chi connectivity index (χ0n) is 11.6. The largest absolute Gasteiger partial charge is 0.350 e. The van der Waals surface area contributed by atoms with E-state index in [1.165, 1.54) is 0 Å². The number of carbonyl (C=O) groups excluding carboxylic acids is 2. The Morgan fingerprint density at radius 1 is 1.21 bits per heavy atom. The average molecular weight is 263 g/mol. The molecule has 0 aliphatic carbocycles. The summed E-state index contributed by atoms with van der Waals surface area (Å²) in [4.78, 5) is 22.8. The van der Waals surface area contributed by atoms with Crippen molar-refractivity contribution in [3.8, 4) is 0 Å². The van der Waals surface area contributed by atoms with Crippen LogP contribution >= 0.6 is 0 Å². The smallest absolute Gasteiger partial charge is 0.315 e. The average Bonchev–Trinajstić information content (AvgIpc) is 2.33. The molecule has 0 heterocycles. The van der Waals surface area contributed by atoms with Gasteiger partial charge in [0, 0.05) is 12.6 Å². The summed E-state index contributed by atoms with van der Waals surface area (Å²) in [7, 11) is 0. The monoisotopic (exact) mass is 263 g/mol. The van der Waals surface area contributed by atoms with Crippen LogP contribution in [-0.2, 0) is 11.3 Å². The first-order valence-electron chi connectivity index (χ1n) is 6.34. The van der Waals surface area contributed by atoms with Crippen molar-refractivity contribution >= 4 is 11.9 Å². The third-order valence-electron chi connectivity index (χ3n) is 2.40. The molecule has 0 aliphatic rings. The van der Waals surface area contributed by atoms with Crippen LogP contribution in [0, 0.1) is 6.92 Å². The van der Waals surface area contributed by atoms with E-state index in [1.54, 1.807) is 0 Å². The Hall–Kier alpha value is -2.04. The zero-order valence-corrected chi connectivity index (χ0v) is 11.6. The minimum absolute atomic E-state index is 0.0234. The van der Waals surface area contributed by atoms with Crippen molar-refractivity contribution in [2.24, 2.45) is 0 Å². The number of aryl methyl sites for hydroxylation is 1. The van der Waals surface area contributed by atoms with E-state index in [0.29, 0.717) is 6.54 Å². The summed E-state index contributed by atoms with van der Waals surface area (Å²) in [6.45, 7) is 6.16. The lowest BCUT2D eigenvalue weighted by atomic mass is 10.1. The number of rotatable bonds is 5. The van der Waals surface area contributed by atoms with Gasteiger partial charge in [0.2, 0.25) is 5.91 Å². The molecule has 5 heteroatoms. The standard InChI is InChI=1S/C14H21N3O2/c1-10(2)17-14(19)16-9-13(18)15-8-12-6-4-5-11(3)7-12/h4-7,10H,8-9H2,1-3H3,(H,15,18)(H2,16,17,19). The quantitative estimate of drug-likeness (QED) is 0.750. The third kappa shape index (κ3) is 6.45. The Bertz CT molecular complexity index is 444. The lowest BCUT2D eigenvalue weighted by Gasteiger charge is -2.10. The predicted octanol–water partition coefficient (Wildman–Crippen LogP) is 1.32. The number of hydrogen-bond donors (Lipinski definition) is 3. The van der Waals surface area contributed by atoms with E-state index in [9.17, 15) is 9.59 Å². The van der Waals surface area contributed by atoms with Crippen LogP contribution in [0.15, 0.2) is 24.3 Å². The molecule has 3 amide bonds. The minimum atomic E-state index is -0.333. The Morgan fingerprint density at radius 3 is 2.58 bits per heavy atom. The summed E-state index contributed by atoms with van der Waals surface area (Å²) < 4.78 is 0. The summed E-state index contributed by atoms with van der Waals surface area (Å²) in [6, 6.07) is 7.63. The number of benzene rings is 1. The molecule has 3 N–H and O–H groups in total. The van der Waals surface area contributed by atoms with Gasteiger partial charge >= 0.3 is 6.03 Å². The number of hydrogen-bond acceptors (Lipinski definition) is 2. The molecule has 0 saturated heterocycles. The second-order valence-corrected chi connectivity index (χ2v) is 4.75. The van der Waals surface area contributed by atoms with Crippen molar-refractivity contribution in [2.45, 2.75) is 33.4 Å². The molecule has 104 valence electrons. The van der Waals surface area contributed by atoms with E-state index in [0.717, 1.165) is 11.1 Å². The Balaban J connectivity index is 2.26. The molecule has 0 aliphatic heterocycles. The van der Waals surface area contributed by atoms with Crippen LogP contribution in [0.3, 0.4) is 0 Å². The Morgan fingerprint density at radius 2 is 1.95 bits per heavy atom. The van der Waals surface area contributed by atoms with Crippen LogP contribution in [0.1, 0.15) is 25.0 Å². The maximum atomic E-state index is 11.5. The van der Waals surface area contributed by atoms with Gasteiger partial charge < -0.3 is 16.0 Å². The lowest BCUT2D eigenvalue weighted by Crippen LogP contribution is -2.44. The van der Waals surface area contributed by atoms with Gasteiger partial charge in [-0.1, -0.05) is 29.8 Å². The van der Waals surface area contributed by atoms with Crippen LogP contribution < -0.4 is 16.0 Å². The highest BCUT2D eigenvalue weighted by atomic mass is 16.2. The summed E-state index contributed by atoms with van der Waals surface area (Å²) in [5, 5.41) is 7.90. The van der Waals surface area contributed by atoms with E-state index in [4.69, 9.17) is 0 Å². The summed E-state index contributed by atoms with van der Waals surface area (Å²) >= 11 is 0. The molecule has 1 aromatic carbocycles. The van der Waals surface area contributed by atoms with Crippen molar-refractivity contribution in [1.29, 1.82) is 0 Å². The molecular formula is C14H21N3O2. The predicted molar refractivity (Wildman–Crippen MR) is 74.7 cm³/mol. The van der Waals surface area contributed by atoms with E-state index < -0.39 is 0 Å². The van der Waals surface area contributed by atoms with Gasteiger partial charge in [0.25, 0.3) is 0 Å². The van der Waals surface area contributed by atoms with Gasteiger partial charge in [-0.2, -0.15) is 0 Å². The zero-order chi connectivity index (χ0) is 14.3. The molecule has 0 radical (unpaired) electrons. The number of amides is 3. The molecule has 1 aromatic rings. The molecule has 0 atom stereocenters. The van der Waals surface area contributed by atoms with Crippen molar-refractivity contribution in [3.63, 3.8) is 0 Å². The van der Waals surface area contributed by atoms with Crippen molar-refractivity contribution in [3.05, 3.63) is 35.4 Å². The SMILES string of the molecule is Cc1cccc(CNC(=O)CNC(=O)NC(C)C)c1. The molecule has 5 nitrogen and oxygen atoms in total. The molecule has 1 rings (SSSR count). The molecular weight excluding hydrogens is 242 g/mol. The number of urea groups is 1. The van der Waals surface area contributed by atoms with Crippen LogP contribution in [0.25, 0.3) is 0 Å². The van der Waals surface area contributed by atoms with Gasteiger partial charge in [-0.05, 0) is 26.3 Å². The van der Waals surface area contributed by atoms with E-state index in [-0.39, 0.29) is 24.5 Å². The first-order valence-corrected chi connectivity index (χ1v) is 6.34.